The first-order valence-corrected chi connectivity index (χ1v) is 5.44. The Bertz CT molecular complexity index is 654. The highest BCUT2D eigenvalue weighted by atomic mass is 35.5. The van der Waals surface area contributed by atoms with Gasteiger partial charge in [-0.15, -0.1) is 0 Å². The van der Waals surface area contributed by atoms with Crippen molar-refractivity contribution in [2.75, 3.05) is 5.32 Å². The first-order chi connectivity index (χ1) is 8.89. The van der Waals surface area contributed by atoms with E-state index >= 15 is 0 Å². The van der Waals surface area contributed by atoms with E-state index in [0.29, 0.717) is 0 Å². The van der Waals surface area contributed by atoms with Crippen LogP contribution < -0.4 is 10.9 Å². The second-order valence-electron chi connectivity index (χ2n) is 3.56. The highest BCUT2D eigenvalue weighted by molar-refractivity contribution is 6.32. The first kappa shape index (κ1) is 13.4. The van der Waals surface area contributed by atoms with E-state index in [1.807, 2.05) is 0 Å². The van der Waals surface area contributed by atoms with Gasteiger partial charge in [-0.3, -0.25) is 4.79 Å². The van der Waals surface area contributed by atoms with Gasteiger partial charge in [0.1, 0.15) is 5.02 Å². The molecule has 4 nitrogen and oxygen atoms in total. The van der Waals surface area contributed by atoms with Crippen LogP contribution in [-0.4, -0.2) is 9.97 Å². The number of para-hydroxylation sites is 1. The molecule has 1 aromatic carbocycles. The Morgan fingerprint density at radius 3 is 2.63 bits per heavy atom. The van der Waals surface area contributed by atoms with Crippen LogP contribution >= 0.6 is 11.6 Å². The number of aromatic nitrogens is 2. The van der Waals surface area contributed by atoms with E-state index in [2.05, 4.69) is 15.3 Å². The molecule has 8 heteroatoms. The first-order valence-electron chi connectivity index (χ1n) is 5.06. The highest BCUT2D eigenvalue weighted by Crippen LogP contribution is 2.35. The molecule has 0 spiro atoms. The number of nitrogens with one attached hydrogen (secondary N) is 2. The summed E-state index contributed by atoms with van der Waals surface area (Å²) < 4.78 is 38.3. The molecule has 0 aliphatic carbocycles. The van der Waals surface area contributed by atoms with Crippen LogP contribution in [0.1, 0.15) is 5.56 Å². The molecule has 0 atom stereocenters. The summed E-state index contributed by atoms with van der Waals surface area (Å²) in [5.74, 6) is -0.137. The van der Waals surface area contributed by atoms with Gasteiger partial charge in [-0.05, 0) is 12.1 Å². The van der Waals surface area contributed by atoms with Crippen LogP contribution in [-0.2, 0) is 6.18 Å². The predicted molar refractivity (Wildman–Crippen MR) is 64.6 cm³/mol. The molecule has 0 saturated heterocycles. The fourth-order valence-electron chi connectivity index (χ4n) is 1.44. The van der Waals surface area contributed by atoms with E-state index in [1.54, 1.807) is 0 Å². The molecule has 0 aliphatic rings. The van der Waals surface area contributed by atoms with Crippen LogP contribution in [0.25, 0.3) is 0 Å². The van der Waals surface area contributed by atoms with E-state index in [-0.39, 0.29) is 16.5 Å². The molecule has 0 fully saturated rings. The molecule has 1 heterocycles. The number of alkyl halides is 3. The lowest BCUT2D eigenvalue weighted by molar-refractivity contribution is -0.136. The lowest BCUT2D eigenvalue weighted by Gasteiger charge is -2.14. The Morgan fingerprint density at radius 1 is 1.26 bits per heavy atom. The number of rotatable bonds is 2. The summed E-state index contributed by atoms with van der Waals surface area (Å²) in [6.07, 6.45) is -3.47. The standard InChI is InChI=1S/C11H7ClF3N3O/c12-8-9(16-5-17-10(8)19)18-7-4-2-1-3-6(7)11(13,14)15/h1-5H,(H2,16,17,18,19). The van der Waals surface area contributed by atoms with Gasteiger partial charge in [-0.2, -0.15) is 13.2 Å². The third kappa shape index (κ3) is 2.87. The molecule has 0 bridgehead atoms. The number of H-pyrrole nitrogens is 1. The summed E-state index contributed by atoms with van der Waals surface area (Å²) >= 11 is 5.66. The summed E-state index contributed by atoms with van der Waals surface area (Å²) in [7, 11) is 0. The third-order valence-electron chi connectivity index (χ3n) is 2.28. The summed E-state index contributed by atoms with van der Waals surface area (Å²) in [5.41, 5.74) is -1.73. The fraction of sp³-hybridized carbons (Fsp3) is 0.0909. The molecule has 0 aliphatic heterocycles. The molecular formula is C11H7ClF3N3O. The highest BCUT2D eigenvalue weighted by Gasteiger charge is 2.33. The van der Waals surface area contributed by atoms with Crippen molar-refractivity contribution in [2.24, 2.45) is 0 Å². The van der Waals surface area contributed by atoms with Crippen LogP contribution in [0.5, 0.6) is 0 Å². The van der Waals surface area contributed by atoms with Crippen molar-refractivity contribution in [1.82, 2.24) is 9.97 Å². The van der Waals surface area contributed by atoms with Gasteiger partial charge < -0.3 is 10.3 Å². The van der Waals surface area contributed by atoms with Crippen molar-refractivity contribution in [3.05, 3.63) is 51.5 Å². The molecule has 2 rings (SSSR count). The van der Waals surface area contributed by atoms with Crippen LogP contribution in [0.3, 0.4) is 0 Å². The van der Waals surface area contributed by atoms with Gasteiger partial charge in [-0.1, -0.05) is 23.7 Å². The molecule has 0 unspecified atom stereocenters. The lowest BCUT2D eigenvalue weighted by Crippen LogP contribution is -2.12. The average Bonchev–Trinajstić information content (AvgIpc) is 2.34. The number of halogens is 4. The molecule has 0 amide bonds. The summed E-state index contributed by atoms with van der Waals surface area (Å²) in [6.45, 7) is 0. The second-order valence-corrected chi connectivity index (χ2v) is 3.94. The largest absolute Gasteiger partial charge is 0.418 e. The van der Waals surface area contributed by atoms with Crippen molar-refractivity contribution in [3.8, 4) is 0 Å². The van der Waals surface area contributed by atoms with Crippen molar-refractivity contribution in [3.63, 3.8) is 0 Å². The van der Waals surface area contributed by atoms with Gasteiger partial charge >= 0.3 is 6.18 Å². The monoisotopic (exact) mass is 289 g/mol. The number of benzene rings is 1. The summed E-state index contributed by atoms with van der Waals surface area (Å²) in [6, 6.07) is 4.84. The van der Waals surface area contributed by atoms with Crippen molar-refractivity contribution in [2.45, 2.75) is 6.18 Å². The zero-order valence-electron chi connectivity index (χ0n) is 9.25. The second kappa shape index (κ2) is 4.93. The number of hydrogen-bond acceptors (Lipinski definition) is 3. The van der Waals surface area contributed by atoms with Gasteiger partial charge in [0.25, 0.3) is 5.56 Å². The molecule has 19 heavy (non-hydrogen) atoms. The number of hydrogen-bond donors (Lipinski definition) is 2. The van der Waals surface area contributed by atoms with Crippen molar-refractivity contribution >= 4 is 23.1 Å². The Labute approximate surface area is 110 Å². The normalized spacial score (nSPS) is 11.4. The maximum absolute atomic E-state index is 12.8. The maximum atomic E-state index is 12.8. The SMILES string of the molecule is O=c1[nH]cnc(Nc2ccccc2C(F)(F)F)c1Cl. The number of nitrogens with zero attached hydrogens (tertiary/aromatic N) is 1. The zero-order chi connectivity index (χ0) is 14.0. The number of aromatic amines is 1. The third-order valence-corrected chi connectivity index (χ3v) is 2.63. The van der Waals surface area contributed by atoms with E-state index in [4.69, 9.17) is 11.6 Å². The predicted octanol–water partition coefficient (Wildman–Crippen LogP) is 3.19. The van der Waals surface area contributed by atoms with Gasteiger partial charge in [0, 0.05) is 0 Å². The van der Waals surface area contributed by atoms with Crippen LogP contribution in [0.15, 0.2) is 35.4 Å². The maximum Gasteiger partial charge on any atom is 0.418 e. The average molecular weight is 290 g/mol. The molecule has 0 saturated carbocycles. The molecule has 2 aromatic rings. The minimum atomic E-state index is -4.52. The Kier molecular flexibility index (Phi) is 3.48. The van der Waals surface area contributed by atoms with E-state index in [9.17, 15) is 18.0 Å². The molecular weight excluding hydrogens is 283 g/mol. The Balaban J connectivity index is 2.45. The summed E-state index contributed by atoms with van der Waals surface area (Å²) in [5, 5.41) is 2.10. The van der Waals surface area contributed by atoms with E-state index in [1.165, 1.54) is 18.2 Å². The van der Waals surface area contributed by atoms with Crippen LogP contribution in [0, 0.1) is 0 Å². The van der Waals surface area contributed by atoms with Gasteiger partial charge in [-0.25, -0.2) is 4.98 Å². The van der Waals surface area contributed by atoms with Gasteiger partial charge in [0.05, 0.1) is 17.6 Å². The van der Waals surface area contributed by atoms with Gasteiger partial charge in [0.2, 0.25) is 0 Å². The lowest BCUT2D eigenvalue weighted by atomic mass is 10.1. The minimum absolute atomic E-state index is 0.137. The smallest absolute Gasteiger partial charge is 0.338 e. The van der Waals surface area contributed by atoms with Gasteiger partial charge in [0.15, 0.2) is 5.82 Å². The quantitative estimate of drug-likeness (QED) is 0.892. The molecule has 1 aromatic heterocycles. The van der Waals surface area contributed by atoms with E-state index < -0.39 is 17.3 Å². The van der Waals surface area contributed by atoms with Crippen molar-refractivity contribution in [1.29, 1.82) is 0 Å². The molecule has 100 valence electrons. The van der Waals surface area contributed by atoms with E-state index in [0.717, 1.165) is 12.4 Å². The van der Waals surface area contributed by atoms with Crippen molar-refractivity contribution < 1.29 is 13.2 Å². The molecule has 2 N–H and O–H groups in total. The van der Waals surface area contributed by atoms with Crippen LogP contribution in [0.2, 0.25) is 5.02 Å². The minimum Gasteiger partial charge on any atom is -0.338 e. The fourth-order valence-corrected chi connectivity index (χ4v) is 1.59. The Hall–Kier alpha value is -2.02. The molecule has 0 radical (unpaired) electrons. The zero-order valence-corrected chi connectivity index (χ0v) is 10.0. The van der Waals surface area contributed by atoms with Crippen LogP contribution in [0.4, 0.5) is 24.7 Å². The topological polar surface area (TPSA) is 57.8 Å². The summed E-state index contributed by atoms with van der Waals surface area (Å²) in [4.78, 5) is 17.1. The number of anilines is 2. The Morgan fingerprint density at radius 2 is 1.95 bits per heavy atom.